The molecule has 1 aliphatic rings. The number of hydrogen-bond donors (Lipinski definition) is 3. The van der Waals surface area contributed by atoms with Gasteiger partial charge in [0.15, 0.2) is 0 Å². The Bertz CT molecular complexity index is 672. The van der Waals surface area contributed by atoms with Crippen LogP contribution in [-0.4, -0.2) is 35.0 Å². The first-order valence-corrected chi connectivity index (χ1v) is 8.38. The van der Waals surface area contributed by atoms with Crippen LogP contribution in [0.2, 0.25) is 0 Å². The molecule has 1 amide bonds. The lowest BCUT2D eigenvalue weighted by atomic mass is 10.1. The first-order chi connectivity index (χ1) is 11.2. The number of aromatic nitrogens is 2. The fraction of sp³-hybridized carbons (Fsp3) is 0.529. The molecule has 0 spiro atoms. The molecule has 0 radical (unpaired) electrons. The van der Waals surface area contributed by atoms with E-state index < -0.39 is 5.82 Å². The fourth-order valence-electron chi connectivity index (χ4n) is 3.22. The molecular formula is C17H25Cl2FN4O. The van der Waals surface area contributed by atoms with Crippen molar-refractivity contribution in [2.24, 2.45) is 0 Å². The van der Waals surface area contributed by atoms with Crippen molar-refractivity contribution in [2.45, 2.75) is 44.6 Å². The Morgan fingerprint density at radius 3 is 2.60 bits per heavy atom. The van der Waals surface area contributed by atoms with Gasteiger partial charge in [-0.05, 0) is 25.0 Å². The number of hydrogen-bond acceptors (Lipinski definition) is 3. The molecule has 1 aromatic heterocycles. The van der Waals surface area contributed by atoms with Crippen molar-refractivity contribution in [3.8, 4) is 0 Å². The largest absolute Gasteiger partial charge is 0.351 e. The number of nitrogens with zero attached hydrogens (tertiary/aromatic N) is 1. The Hall–Kier alpha value is -1.37. The molecule has 25 heavy (non-hydrogen) atoms. The first-order valence-electron chi connectivity index (χ1n) is 8.38. The lowest BCUT2D eigenvalue weighted by molar-refractivity contribution is 0.0954. The van der Waals surface area contributed by atoms with E-state index in [1.165, 1.54) is 57.0 Å². The molecular weight excluding hydrogens is 366 g/mol. The monoisotopic (exact) mass is 390 g/mol. The van der Waals surface area contributed by atoms with Crippen molar-refractivity contribution < 1.29 is 9.18 Å². The van der Waals surface area contributed by atoms with Crippen molar-refractivity contribution in [1.82, 2.24) is 20.6 Å². The van der Waals surface area contributed by atoms with Gasteiger partial charge in [-0.15, -0.1) is 24.8 Å². The number of fused-ring (bicyclic) bond motifs is 1. The van der Waals surface area contributed by atoms with Gasteiger partial charge >= 0.3 is 0 Å². The Labute approximate surface area is 159 Å². The van der Waals surface area contributed by atoms with Gasteiger partial charge in [-0.3, -0.25) is 4.79 Å². The summed E-state index contributed by atoms with van der Waals surface area (Å²) in [6, 6.07) is 3.13. The highest BCUT2D eigenvalue weighted by molar-refractivity contribution is 6.04. The minimum absolute atomic E-state index is 0. The van der Waals surface area contributed by atoms with E-state index in [0.29, 0.717) is 23.6 Å². The number of aromatic amines is 1. The van der Waals surface area contributed by atoms with Crippen molar-refractivity contribution in [3.63, 3.8) is 0 Å². The van der Waals surface area contributed by atoms with Crippen molar-refractivity contribution in [3.05, 3.63) is 29.8 Å². The molecule has 1 fully saturated rings. The highest BCUT2D eigenvalue weighted by Crippen LogP contribution is 2.18. The van der Waals surface area contributed by atoms with E-state index in [-0.39, 0.29) is 36.3 Å². The van der Waals surface area contributed by atoms with Crippen molar-refractivity contribution in [2.75, 3.05) is 13.1 Å². The van der Waals surface area contributed by atoms with E-state index in [1.54, 1.807) is 0 Å². The van der Waals surface area contributed by atoms with E-state index in [9.17, 15) is 9.18 Å². The Morgan fingerprint density at radius 1 is 1.16 bits per heavy atom. The molecule has 3 rings (SSSR count). The molecule has 0 bridgehead atoms. The van der Waals surface area contributed by atoms with Gasteiger partial charge < -0.3 is 15.6 Å². The lowest BCUT2D eigenvalue weighted by Crippen LogP contribution is -2.37. The summed E-state index contributed by atoms with van der Waals surface area (Å²) in [7, 11) is 0. The SMILES string of the molecule is Cl.Cl.O=C(NCCNC1CCCCCC1)c1cc(F)cc2[nH]cnc12. The number of imidazole rings is 1. The quantitative estimate of drug-likeness (QED) is 0.539. The van der Waals surface area contributed by atoms with Crippen molar-refractivity contribution >= 4 is 41.8 Å². The average Bonchev–Trinajstić information content (AvgIpc) is 2.85. The van der Waals surface area contributed by atoms with Crippen LogP contribution in [0.1, 0.15) is 48.9 Å². The average molecular weight is 391 g/mol. The van der Waals surface area contributed by atoms with E-state index in [2.05, 4.69) is 20.6 Å². The zero-order valence-corrected chi connectivity index (χ0v) is 15.6. The summed E-state index contributed by atoms with van der Waals surface area (Å²) in [5, 5.41) is 6.34. The fourth-order valence-corrected chi connectivity index (χ4v) is 3.22. The van der Waals surface area contributed by atoms with Crippen LogP contribution in [0.3, 0.4) is 0 Å². The number of halogens is 3. The molecule has 8 heteroatoms. The maximum Gasteiger partial charge on any atom is 0.253 e. The highest BCUT2D eigenvalue weighted by Gasteiger charge is 2.14. The molecule has 0 unspecified atom stereocenters. The zero-order chi connectivity index (χ0) is 16.1. The van der Waals surface area contributed by atoms with Gasteiger partial charge in [0.25, 0.3) is 5.91 Å². The van der Waals surface area contributed by atoms with Gasteiger partial charge in [-0.25, -0.2) is 9.37 Å². The van der Waals surface area contributed by atoms with E-state index >= 15 is 0 Å². The number of benzene rings is 1. The van der Waals surface area contributed by atoms with Crippen LogP contribution in [0, 0.1) is 5.82 Å². The van der Waals surface area contributed by atoms with Gasteiger partial charge in [0.2, 0.25) is 0 Å². The van der Waals surface area contributed by atoms with Crippen LogP contribution in [-0.2, 0) is 0 Å². The Balaban J connectivity index is 0.00000156. The second-order valence-corrected chi connectivity index (χ2v) is 6.15. The summed E-state index contributed by atoms with van der Waals surface area (Å²) >= 11 is 0. The van der Waals surface area contributed by atoms with Crippen LogP contribution in [0.15, 0.2) is 18.5 Å². The molecule has 1 saturated carbocycles. The molecule has 3 N–H and O–H groups in total. The summed E-state index contributed by atoms with van der Waals surface area (Å²) in [5.74, 6) is -0.729. The summed E-state index contributed by atoms with van der Waals surface area (Å²) in [6.07, 6.45) is 9.11. The van der Waals surface area contributed by atoms with Crippen LogP contribution >= 0.6 is 24.8 Å². The summed E-state index contributed by atoms with van der Waals surface area (Å²) in [5.41, 5.74) is 1.31. The number of rotatable bonds is 5. The third kappa shape index (κ3) is 5.83. The number of nitrogens with one attached hydrogen (secondary N) is 3. The normalized spacial score (nSPS) is 15.1. The third-order valence-corrected chi connectivity index (χ3v) is 4.43. The molecule has 1 aromatic carbocycles. The maximum absolute atomic E-state index is 13.6. The minimum Gasteiger partial charge on any atom is -0.351 e. The number of carbonyl (C=O) groups is 1. The number of carbonyl (C=O) groups excluding carboxylic acids is 1. The van der Waals surface area contributed by atoms with Gasteiger partial charge in [-0.2, -0.15) is 0 Å². The third-order valence-electron chi connectivity index (χ3n) is 4.43. The number of amides is 1. The molecule has 1 aliphatic carbocycles. The molecule has 0 atom stereocenters. The molecule has 5 nitrogen and oxygen atoms in total. The van der Waals surface area contributed by atoms with Crippen LogP contribution in [0.5, 0.6) is 0 Å². The van der Waals surface area contributed by atoms with Gasteiger partial charge in [0.05, 0.1) is 17.4 Å². The van der Waals surface area contributed by atoms with Crippen LogP contribution in [0.25, 0.3) is 11.0 Å². The first kappa shape index (κ1) is 21.7. The predicted molar refractivity (Wildman–Crippen MR) is 102 cm³/mol. The van der Waals surface area contributed by atoms with E-state index in [0.717, 1.165) is 6.54 Å². The minimum atomic E-state index is -0.441. The van der Waals surface area contributed by atoms with Gasteiger partial charge in [0, 0.05) is 19.1 Å². The lowest BCUT2D eigenvalue weighted by Gasteiger charge is -2.16. The zero-order valence-electron chi connectivity index (χ0n) is 14.0. The summed E-state index contributed by atoms with van der Waals surface area (Å²) < 4.78 is 13.6. The molecule has 140 valence electrons. The van der Waals surface area contributed by atoms with Gasteiger partial charge in [-0.1, -0.05) is 25.7 Å². The van der Waals surface area contributed by atoms with Crippen LogP contribution < -0.4 is 10.6 Å². The molecule has 2 aromatic rings. The Kier molecular flexibility index (Phi) is 9.17. The predicted octanol–water partition coefficient (Wildman–Crippen LogP) is 3.59. The Morgan fingerprint density at radius 2 is 1.88 bits per heavy atom. The topological polar surface area (TPSA) is 69.8 Å². The standard InChI is InChI=1S/C17H23FN4O.2ClH/c18-12-9-14(16-15(10-12)21-11-22-16)17(23)20-8-7-19-13-5-3-1-2-4-6-13;;/h9-11,13,19H,1-8H2,(H,20,23)(H,21,22);2*1H. The molecule has 0 saturated heterocycles. The van der Waals surface area contributed by atoms with E-state index in [4.69, 9.17) is 0 Å². The van der Waals surface area contributed by atoms with E-state index in [1.807, 2.05) is 0 Å². The second kappa shape index (κ2) is 10.6. The molecule has 0 aliphatic heterocycles. The summed E-state index contributed by atoms with van der Waals surface area (Å²) in [6.45, 7) is 1.26. The molecule has 1 heterocycles. The van der Waals surface area contributed by atoms with Crippen molar-refractivity contribution in [1.29, 1.82) is 0 Å². The number of H-pyrrole nitrogens is 1. The summed E-state index contributed by atoms with van der Waals surface area (Å²) in [4.78, 5) is 19.2. The maximum atomic E-state index is 13.6. The smallest absolute Gasteiger partial charge is 0.253 e. The second-order valence-electron chi connectivity index (χ2n) is 6.15. The van der Waals surface area contributed by atoms with Gasteiger partial charge in [0.1, 0.15) is 11.3 Å². The van der Waals surface area contributed by atoms with Crippen LogP contribution in [0.4, 0.5) is 4.39 Å². The highest BCUT2D eigenvalue weighted by atomic mass is 35.5.